The van der Waals surface area contributed by atoms with Gasteiger partial charge in [-0.15, -0.1) is 22.7 Å². The Hall–Kier alpha value is -0.770. The maximum absolute atomic E-state index is 13.2. The Balaban J connectivity index is 1.81. The van der Waals surface area contributed by atoms with Gasteiger partial charge in [0, 0.05) is 49.1 Å². The first-order chi connectivity index (χ1) is 11.6. The summed E-state index contributed by atoms with van der Waals surface area (Å²) in [7, 11) is -1.83. The summed E-state index contributed by atoms with van der Waals surface area (Å²) in [6.07, 6.45) is 1.50. The number of hydrogen-bond donors (Lipinski definition) is 0. The van der Waals surface area contributed by atoms with Crippen molar-refractivity contribution in [2.45, 2.75) is 32.0 Å². The monoisotopic (exact) mass is 386 g/mol. The molecule has 0 bridgehead atoms. The lowest BCUT2D eigenvalue weighted by Gasteiger charge is -2.34. The standard InChI is InChI=1S/C16H22N2O3S3/c1-17(14-6-8-21-9-7-14)24(19,20)18(12-15-4-2-10-22-15)13-16-5-3-11-23-16/h2-5,10-11,14H,6-9,12-13H2,1H3. The Morgan fingerprint density at radius 3 is 2.08 bits per heavy atom. The van der Waals surface area contributed by atoms with Crippen LogP contribution in [0.3, 0.4) is 0 Å². The first-order valence-electron chi connectivity index (χ1n) is 7.93. The van der Waals surface area contributed by atoms with Crippen molar-refractivity contribution in [2.24, 2.45) is 0 Å². The van der Waals surface area contributed by atoms with E-state index in [0.717, 1.165) is 22.6 Å². The Morgan fingerprint density at radius 2 is 1.62 bits per heavy atom. The highest BCUT2D eigenvalue weighted by molar-refractivity contribution is 7.86. The lowest BCUT2D eigenvalue weighted by molar-refractivity contribution is 0.0616. The SMILES string of the molecule is CN(C1CCOCC1)S(=O)(=O)N(Cc1cccs1)Cc1cccs1. The van der Waals surface area contributed by atoms with Gasteiger partial charge in [-0.2, -0.15) is 17.0 Å². The molecule has 1 aliphatic heterocycles. The van der Waals surface area contributed by atoms with Crippen LogP contribution in [0.2, 0.25) is 0 Å². The zero-order chi connectivity index (χ0) is 17.0. The van der Waals surface area contributed by atoms with Crippen LogP contribution in [-0.4, -0.2) is 43.3 Å². The fourth-order valence-electron chi connectivity index (χ4n) is 2.79. The second-order valence-corrected chi connectivity index (χ2v) is 9.85. The lowest BCUT2D eigenvalue weighted by Crippen LogP contribution is -2.47. The van der Waals surface area contributed by atoms with E-state index in [0.29, 0.717) is 26.3 Å². The molecule has 0 radical (unpaired) electrons. The number of nitrogens with zero attached hydrogens (tertiary/aromatic N) is 2. The quantitative estimate of drug-likeness (QED) is 0.734. The van der Waals surface area contributed by atoms with Crippen molar-refractivity contribution in [2.75, 3.05) is 20.3 Å². The predicted molar refractivity (Wildman–Crippen MR) is 98.4 cm³/mol. The maximum Gasteiger partial charge on any atom is 0.282 e. The number of ether oxygens (including phenoxy) is 1. The summed E-state index contributed by atoms with van der Waals surface area (Å²) in [6.45, 7) is 2.07. The van der Waals surface area contributed by atoms with Crippen LogP contribution in [0.5, 0.6) is 0 Å². The molecule has 0 aromatic carbocycles. The van der Waals surface area contributed by atoms with Gasteiger partial charge >= 0.3 is 0 Å². The summed E-state index contributed by atoms with van der Waals surface area (Å²) in [4.78, 5) is 2.10. The van der Waals surface area contributed by atoms with E-state index in [1.807, 2.05) is 35.0 Å². The molecule has 0 N–H and O–H groups in total. The van der Waals surface area contributed by atoms with E-state index < -0.39 is 10.2 Å². The molecule has 1 aliphatic rings. The predicted octanol–water partition coefficient (Wildman–Crippen LogP) is 3.17. The topological polar surface area (TPSA) is 49.9 Å². The first kappa shape index (κ1) is 18.0. The second kappa shape index (κ2) is 8.07. The highest BCUT2D eigenvalue weighted by atomic mass is 32.2. The van der Waals surface area contributed by atoms with Crippen LogP contribution in [0.1, 0.15) is 22.6 Å². The molecular formula is C16H22N2O3S3. The third-order valence-corrected chi connectivity index (χ3v) is 7.88. The molecule has 1 fully saturated rings. The van der Waals surface area contributed by atoms with Crippen molar-refractivity contribution in [1.82, 2.24) is 8.61 Å². The number of thiophene rings is 2. The van der Waals surface area contributed by atoms with Gasteiger partial charge in [-0.3, -0.25) is 0 Å². The fraction of sp³-hybridized carbons (Fsp3) is 0.500. The van der Waals surface area contributed by atoms with Crippen LogP contribution < -0.4 is 0 Å². The summed E-state index contributed by atoms with van der Waals surface area (Å²) < 4.78 is 34.9. The fourth-order valence-corrected chi connectivity index (χ4v) is 5.95. The molecule has 0 amide bonds. The van der Waals surface area contributed by atoms with Crippen LogP contribution >= 0.6 is 22.7 Å². The number of hydrogen-bond acceptors (Lipinski definition) is 5. The van der Waals surface area contributed by atoms with Crippen LogP contribution in [0, 0.1) is 0 Å². The molecule has 0 saturated carbocycles. The van der Waals surface area contributed by atoms with Crippen LogP contribution in [0.4, 0.5) is 0 Å². The minimum absolute atomic E-state index is 0.0120. The highest BCUT2D eigenvalue weighted by Gasteiger charge is 2.33. The zero-order valence-electron chi connectivity index (χ0n) is 13.6. The van der Waals surface area contributed by atoms with Gasteiger partial charge in [0.05, 0.1) is 0 Å². The van der Waals surface area contributed by atoms with Crippen molar-refractivity contribution < 1.29 is 13.2 Å². The maximum atomic E-state index is 13.2. The Bertz CT molecular complexity index is 672. The molecule has 132 valence electrons. The van der Waals surface area contributed by atoms with Gasteiger partial charge in [0.25, 0.3) is 10.2 Å². The van der Waals surface area contributed by atoms with Crippen molar-refractivity contribution in [3.05, 3.63) is 44.8 Å². The Kier molecular flexibility index (Phi) is 6.07. The molecule has 0 spiro atoms. The van der Waals surface area contributed by atoms with Crippen molar-refractivity contribution >= 4 is 32.9 Å². The van der Waals surface area contributed by atoms with Crippen molar-refractivity contribution in [3.63, 3.8) is 0 Å². The minimum Gasteiger partial charge on any atom is -0.381 e. The molecule has 5 nitrogen and oxygen atoms in total. The van der Waals surface area contributed by atoms with Crippen LogP contribution in [0.15, 0.2) is 35.0 Å². The molecule has 2 aromatic heterocycles. The van der Waals surface area contributed by atoms with E-state index in [9.17, 15) is 8.42 Å². The van der Waals surface area contributed by atoms with E-state index in [1.54, 1.807) is 34.0 Å². The van der Waals surface area contributed by atoms with E-state index in [2.05, 4.69) is 0 Å². The molecule has 8 heteroatoms. The van der Waals surface area contributed by atoms with E-state index in [1.165, 1.54) is 4.31 Å². The molecule has 2 aromatic rings. The molecule has 24 heavy (non-hydrogen) atoms. The van der Waals surface area contributed by atoms with Gasteiger partial charge in [0.15, 0.2) is 0 Å². The van der Waals surface area contributed by atoms with Gasteiger partial charge in [-0.25, -0.2) is 0 Å². The van der Waals surface area contributed by atoms with Gasteiger partial charge < -0.3 is 4.74 Å². The van der Waals surface area contributed by atoms with Crippen LogP contribution in [0.25, 0.3) is 0 Å². The average Bonchev–Trinajstić information content (AvgIpc) is 3.28. The third kappa shape index (κ3) is 4.25. The van der Waals surface area contributed by atoms with E-state index in [-0.39, 0.29) is 6.04 Å². The summed E-state index contributed by atoms with van der Waals surface area (Å²) in [5.74, 6) is 0. The summed E-state index contributed by atoms with van der Waals surface area (Å²) in [5.41, 5.74) is 0. The molecule has 3 rings (SSSR count). The van der Waals surface area contributed by atoms with Crippen molar-refractivity contribution in [1.29, 1.82) is 0 Å². The Labute approximate surface area is 151 Å². The first-order valence-corrected chi connectivity index (χ1v) is 11.1. The second-order valence-electron chi connectivity index (χ2n) is 5.79. The molecule has 0 aliphatic carbocycles. The van der Waals surface area contributed by atoms with E-state index in [4.69, 9.17) is 4.74 Å². The highest BCUT2D eigenvalue weighted by Crippen LogP contribution is 2.24. The number of rotatable bonds is 7. The molecular weight excluding hydrogens is 364 g/mol. The van der Waals surface area contributed by atoms with E-state index >= 15 is 0 Å². The lowest BCUT2D eigenvalue weighted by atomic mass is 10.1. The van der Waals surface area contributed by atoms with Crippen LogP contribution in [-0.2, 0) is 28.0 Å². The normalized spacial score (nSPS) is 17.0. The summed E-state index contributed by atoms with van der Waals surface area (Å²) in [5, 5.41) is 3.96. The largest absolute Gasteiger partial charge is 0.381 e. The third-order valence-electron chi connectivity index (χ3n) is 4.22. The van der Waals surface area contributed by atoms with Gasteiger partial charge in [-0.1, -0.05) is 12.1 Å². The molecule has 1 saturated heterocycles. The molecule has 3 heterocycles. The van der Waals surface area contributed by atoms with Gasteiger partial charge in [0.1, 0.15) is 0 Å². The minimum atomic E-state index is -3.53. The zero-order valence-corrected chi connectivity index (χ0v) is 16.1. The molecule has 0 unspecified atom stereocenters. The summed E-state index contributed by atoms with van der Waals surface area (Å²) in [6, 6.07) is 7.89. The average molecular weight is 387 g/mol. The summed E-state index contributed by atoms with van der Waals surface area (Å²) >= 11 is 3.17. The molecule has 0 atom stereocenters. The smallest absolute Gasteiger partial charge is 0.282 e. The van der Waals surface area contributed by atoms with Crippen molar-refractivity contribution in [3.8, 4) is 0 Å². The van der Waals surface area contributed by atoms with Gasteiger partial charge in [-0.05, 0) is 35.7 Å². The van der Waals surface area contributed by atoms with Gasteiger partial charge in [0.2, 0.25) is 0 Å². The Morgan fingerprint density at radius 1 is 1.08 bits per heavy atom.